The molecule has 0 unspecified atom stereocenters. The highest BCUT2D eigenvalue weighted by molar-refractivity contribution is 5.92. The Bertz CT molecular complexity index is 851. The van der Waals surface area contributed by atoms with Crippen molar-refractivity contribution >= 4 is 17.5 Å². The van der Waals surface area contributed by atoms with Gasteiger partial charge in [0.25, 0.3) is 5.91 Å². The van der Waals surface area contributed by atoms with Gasteiger partial charge in [-0.15, -0.1) is 0 Å². The van der Waals surface area contributed by atoms with Gasteiger partial charge >= 0.3 is 0 Å². The molecule has 0 bridgehead atoms. The van der Waals surface area contributed by atoms with Gasteiger partial charge in [-0.2, -0.15) is 0 Å². The first-order chi connectivity index (χ1) is 12.9. The number of carbonyl (C=O) groups excluding carboxylic acids is 2. The molecule has 0 spiro atoms. The maximum absolute atomic E-state index is 13.5. The Morgan fingerprint density at radius 2 is 1.96 bits per heavy atom. The molecule has 2 aromatic rings. The first-order valence-corrected chi connectivity index (χ1v) is 9.02. The molecular formula is C21H23FN2O3. The lowest BCUT2D eigenvalue weighted by atomic mass is 9.98. The number of para-hydroxylation sites is 1. The van der Waals surface area contributed by atoms with Crippen LogP contribution in [0, 0.1) is 11.7 Å². The average Bonchev–Trinajstić information content (AvgIpc) is 2.66. The van der Waals surface area contributed by atoms with Gasteiger partial charge in [-0.1, -0.05) is 32.0 Å². The second-order valence-electron chi connectivity index (χ2n) is 6.92. The van der Waals surface area contributed by atoms with Crippen molar-refractivity contribution in [2.75, 3.05) is 18.5 Å². The zero-order valence-electron chi connectivity index (χ0n) is 15.5. The fraction of sp³-hybridized carbons (Fsp3) is 0.333. The smallest absolute Gasteiger partial charge is 0.262 e. The van der Waals surface area contributed by atoms with Crippen LogP contribution in [-0.2, 0) is 22.6 Å². The summed E-state index contributed by atoms with van der Waals surface area (Å²) in [6.07, 6.45) is 0.804. The van der Waals surface area contributed by atoms with Crippen LogP contribution in [0.15, 0.2) is 42.5 Å². The van der Waals surface area contributed by atoms with E-state index in [4.69, 9.17) is 4.74 Å². The molecule has 3 rings (SSSR count). The van der Waals surface area contributed by atoms with E-state index in [1.165, 1.54) is 17.7 Å². The number of benzene rings is 2. The summed E-state index contributed by atoms with van der Waals surface area (Å²) in [4.78, 5) is 26.2. The number of fused-ring (bicyclic) bond motifs is 1. The van der Waals surface area contributed by atoms with Crippen molar-refractivity contribution in [3.05, 3.63) is 59.4 Å². The van der Waals surface area contributed by atoms with Crippen molar-refractivity contribution in [3.8, 4) is 5.75 Å². The Labute approximate surface area is 158 Å². The molecular weight excluding hydrogens is 347 g/mol. The topological polar surface area (TPSA) is 58.6 Å². The van der Waals surface area contributed by atoms with Crippen LogP contribution < -0.4 is 10.1 Å². The molecule has 1 N–H and O–H groups in total. The van der Waals surface area contributed by atoms with E-state index in [1.54, 1.807) is 12.1 Å². The average molecular weight is 370 g/mol. The molecule has 0 fully saturated rings. The van der Waals surface area contributed by atoms with Gasteiger partial charge < -0.3 is 15.0 Å². The Morgan fingerprint density at radius 3 is 2.70 bits per heavy atom. The van der Waals surface area contributed by atoms with E-state index in [0.717, 1.165) is 12.0 Å². The number of halogens is 1. The normalized spacial score (nSPS) is 13.3. The zero-order valence-corrected chi connectivity index (χ0v) is 15.5. The Morgan fingerprint density at radius 1 is 1.19 bits per heavy atom. The summed E-state index contributed by atoms with van der Waals surface area (Å²) in [6, 6.07) is 11.6. The molecule has 2 aromatic carbocycles. The molecule has 0 radical (unpaired) electrons. The third-order valence-corrected chi connectivity index (χ3v) is 4.50. The van der Waals surface area contributed by atoms with Gasteiger partial charge in [-0.3, -0.25) is 9.59 Å². The number of hydrogen-bond donors (Lipinski definition) is 1. The largest absolute Gasteiger partial charge is 0.481 e. The van der Waals surface area contributed by atoms with Gasteiger partial charge in [0, 0.05) is 24.7 Å². The fourth-order valence-corrected chi connectivity index (χ4v) is 3.09. The highest BCUT2D eigenvalue weighted by Gasteiger charge is 2.22. The van der Waals surface area contributed by atoms with Crippen LogP contribution in [0.4, 0.5) is 10.1 Å². The quantitative estimate of drug-likeness (QED) is 0.878. The van der Waals surface area contributed by atoms with Gasteiger partial charge in [0.1, 0.15) is 0 Å². The van der Waals surface area contributed by atoms with Crippen molar-refractivity contribution in [2.24, 2.45) is 5.92 Å². The van der Waals surface area contributed by atoms with Crippen molar-refractivity contribution in [2.45, 2.75) is 26.8 Å². The molecule has 0 saturated heterocycles. The molecule has 6 heteroatoms. The predicted molar refractivity (Wildman–Crippen MR) is 101 cm³/mol. The Kier molecular flexibility index (Phi) is 5.74. The number of nitrogens with zero attached hydrogens (tertiary/aromatic N) is 1. The minimum Gasteiger partial charge on any atom is -0.481 e. The van der Waals surface area contributed by atoms with E-state index in [0.29, 0.717) is 18.8 Å². The van der Waals surface area contributed by atoms with Crippen molar-refractivity contribution < 1.29 is 18.7 Å². The van der Waals surface area contributed by atoms with Crippen LogP contribution in [-0.4, -0.2) is 29.9 Å². The number of carbonyl (C=O) groups is 2. The lowest BCUT2D eigenvalue weighted by Gasteiger charge is -2.30. The lowest BCUT2D eigenvalue weighted by Crippen LogP contribution is -2.38. The van der Waals surface area contributed by atoms with Crippen LogP contribution >= 0.6 is 0 Å². The molecule has 1 heterocycles. The van der Waals surface area contributed by atoms with Crippen molar-refractivity contribution in [1.29, 1.82) is 0 Å². The van der Waals surface area contributed by atoms with E-state index in [1.807, 2.05) is 36.9 Å². The fourth-order valence-electron chi connectivity index (χ4n) is 3.09. The van der Waals surface area contributed by atoms with Crippen LogP contribution in [0.1, 0.15) is 25.0 Å². The summed E-state index contributed by atoms with van der Waals surface area (Å²) in [5, 5.41) is 2.76. The predicted octanol–water partition coefficient (Wildman–Crippen LogP) is 3.38. The van der Waals surface area contributed by atoms with Crippen molar-refractivity contribution in [3.63, 3.8) is 0 Å². The number of nitrogens with one attached hydrogen (secondary N) is 1. The van der Waals surface area contributed by atoms with E-state index < -0.39 is 5.82 Å². The second kappa shape index (κ2) is 8.20. The summed E-state index contributed by atoms with van der Waals surface area (Å²) in [5.41, 5.74) is 2.85. The molecule has 0 atom stereocenters. The molecule has 0 aromatic heterocycles. The van der Waals surface area contributed by atoms with Crippen LogP contribution in [0.25, 0.3) is 0 Å². The van der Waals surface area contributed by atoms with Crippen LogP contribution in [0.2, 0.25) is 0 Å². The van der Waals surface area contributed by atoms with Crippen LogP contribution in [0.3, 0.4) is 0 Å². The number of amides is 2. The van der Waals surface area contributed by atoms with E-state index >= 15 is 0 Å². The van der Waals surface area contributed by atoms with Gasteiger partial charge in [-0.05, 0) is 41.8 Å². The second-order valence-corrected chi connectivity index (χ2v) is 6.92. The molecule has 0 saturated carbocycles. The first kappa shape index (κ1) is 18.9. The monoisotopic (exact) mass is 370 g/mol. The molecule has 1 aliphatic rings. The van der Waals surface area contributed by atoms with Crippen molar-refractivity contribution in [1.82, 2.24) is 4.90 Å². The summed E-state index contributed by atoms with van der Waals surface area (Å²) in [7, 11) is 0. The van der Waals surface area contributed by atoms with E-state index in [9.17, 15) is 14.0 Å². The molecule has 5 nitrogen and oxygen atoms in total. The third-order valence-electron chi connectivity index (χ3n) is 4.50. The summed E-state index contributed by atoms with van der Waals surface area (Å²) in [5.74, 6) is -0.739. The van der Waals surface area contributed by atoms with Gasteiger partial charge in [-0.25, -0.2) is 4.39 Å². The maximum Gasteiger partial charge on any atom is 0.262 e. The Balaban J connectivity index is 1.61. The van der Waals surface area contributed by atoms with Gasteiger partial charge in [0.05, 0.1) is 0 Å². The molecule has 1 aliphatic heterocycles. The molecule has 142 valence electrons. The van der Waals surface area contributed by atoms with Crippen LogP contribution in [0.5, 0.6) is 5.75 Å². The SMILES string of the molecule is CC(C)C(=O)N1CCc2ccc(NC(=O)COc3ccccc3F)cc2C1. The number of anilines is 1. The van der Waals surface area contributed by atoms with E-state index in [2.05, 4.69) is 5.32 Å². The standard InChI is InChI=1S/C21H23FN2O3/c1-14(2)21(26)24-10-9-15-7-8-17(11-16(15)12-24)23-20(25)13-27-19-6-4-3-5-18(19)22/h3-8,11,14H,9-10,12-13H2,1-2H3,(H,23,25). The zero-order chi connectivity index (χ0) is 19.4. The Hall–Kier alpha value is -2.89. The minimum atomic E-state index is -0.506. The maximum atomic E-state index is 13.5. The highest BCUT2D eigenvalue weighted by Crippen LogP contribution is 2.24. The summed E-state index contributed by atoms with van der Waals surface area (Å²) in [6.45, 7) is 4.76. The molecule has 2 amide bonds. The highest BCUT2D eigenvalue weighted by atomic mass is 19.1. The van der Waals surface area contributed by atoms with Gasteiger partial charge in [0.15, 0.2) is 18.2 Å². The molecule has 27 heavy (non-hydrogen) atoms. The lowest BCUT2D eigenvalue weighted by molar-refractivity contribution is -0.135. The van der Waals surface area contributed by atoms with E-state index in [-0.39, 0.29) is 30.1 Å². The number of ether oxygens (including phenoxy) is 1. The molecule has 0 aliphatic carbocycles. The minimum absolute atomic E-state index is 0.0371. The number of rotatable bonds is 5. The summed E-state index contributed by atoms with van der Waals surface area (Å²) >= 11 is 0. The first-order valence-electron chi connectivity index (χ1n) is 9.02. The number of hydrogen-bond acceptors (Lipinski definition) is 3. The van der Waals surface area contributed by atoms with Gasteiger partial charge in [0.2, 0.25) is 5.91 Å². The summed E-state index contributed by atoms with van der Waals surface area (Å²) < 4.78 is 18.7. The third kappa shape index (κ3) is 4.64.